The van der Waals surface area contributed by atoms with E-state index in [0.717, 1.165) is 0 Å². The highest BCUT2D eigenvalue weighted by Crippen LogP contribution is 2.16. The molecule has 2 N–H and O–H groups in total. The van der Waals surface area contributed by atoms with Crippen LogP contribution in [0.25, 0.3) is 0 Å². The molecule has 0 aliphatic rings. The second-order valence-corrected chi connectivity index (χ2v) is 5.03. The fourth-order valence-corrected chi connectivity index (χ4v) is 2.25. The Hall–Kier alpha value is -2.76. The van der Waals surface area contributed by atoms with Gasteiger partial charge in [0.05, 0.1) is 17.0 Å². The number of amides is 2. The van der Waals surface area contributed by atoms with Crippen molar-refractivity contribution in [3.8, 4) is 0 Å². The Morgan fingerprint density at radius 2 is 1.32 bits per heavy atom. The minimum absolute atomic E-state index is 0.139. The van der Waals surface area contributed by atoms with Crippen molar-refractivity contribution in [2.45, 2.75) is 27.7 Å². The zero-order chi connectivity index (χ0) is 16.3. The number of nitrogens with zero attached hydrogens (tertiary/aromatic N) is 2. The van der Waals surface area contributed by atoms with Gasteiger partial charge < -0.3 is 10.6 Å². The Labute approximate surface area is 129 Å². The molecule has 0 saturated carbocycles. The van der Waals surface area contributed by atoms with Crippen LogP contribution in [0.15, 0.2) is 24.3 Å². The molecule has 6 heteroatoms. The van der Waals surface area contributed by atoms with Gasteiger partial charge in [0.2, 0.25) is 5.91 Å². The van der Waals surface area contributed by atoms with E-state index in [9.17, 15) is 9.59 Å². The van der Waals surface area contributed by atoms with Crippen LogP contribution in [0, 0.1) is 20.8 Å². The number of hydrogen-bond donors (Lipinski definition) is 2. The molecule has 2 amide bonds. The topological polar surface area (TPSA) is 84.0 Å². The maximum absolute atomic E-state index is 12.4. The molecule has 0 radical (unpaired) electrons. The molecule has 1 aromatic heterocycles. The predicted molar refractivity (Wildman–Crippen MR) is 84.9 cm³/mol. The van der Waals surface area contributed by atoms with Crippen LogP contribution >= 0.6 is 0 Å². The first-order chi connectivity index (χ1) is 10.4. The average Bonchev–Trinajstić information content (AvgIpc) is 2.39. The molecule has 0 unspecified atom stereocenters. The molecule has 0 aliphatic heterocycles. The summed E-state index contributed by atoms with van der Waals surface area (Å²) >= 11 is 0. The summed E-state index contributed by atoms with van der Waals surface area (Å²) in [4.78, 5) is 31.8. The monoisotopic (exact) mass is 298 g/mol. The van der Waals surface area contributed by atoms with E-state index in [4.69, 9.17) is 0 Å². The van der Waals surface area contributed by atoms with E-state index in [1.807, 2.05) is 0 Å². The molecule has 0 spiro atoms. The van der Waals surface area contributed by atoms with Crippen molar-refractivity contribution in [3.05, 3.63) is 47.0 Å². The molecule has 1 heterocycles. The fraction of sp³-hybridized carbons (Fsp3) is 0.250. The van der Waals surface area contributed by atoms with Gasteiger partial charge in [0, 0.05) is 18.3 Å². The van der Waals surface area contributed by atoms with Crippen molar-refractivity contribution < 1.29 is 9.59 Å². The summed E-state index contributed by atoms with van der Waals surface area (Å²) in [6.45, 7) is 6.81. The molecule has 114 valence electrons. The highest BCUT2D eigenvalue weighted by molar-refractivity contribution is 6.05. The number of carbonyl (C=O) groups excluding carboxylic acids is 2. The van der Waals surface area contributed by atoms with Gasteiger partial charge in [-0.1, -0.05) is 0 Å². The van der Waals surface area contributed by atoms with Crippen molar-refractivity contribution in [1.29, 1.82) is 0 Å². The van der Waals surface area contributed by atoms with Crippen LogP contribution in [-0.2, 0) is 4.79 Å². The number of hydrogen-bond acceptors (Lipinski definition) is 4. The van der Waals surface area contributed by atoms with Gasteiger partial charge in [0.15, 0.2) is 0 Å². The number of aryl methyl sites for hydroxylation is 3. The van der Waals surface area contributed by atoms with Crippen molar-refractivity contribution >= 4 is 23.2 Å². The van der Waals surface area contributed by atoms with Crippen LogP contribution in [0.2, 0.25) is 0 Å². The molecular formula is C16H18N4O2. The third-order valence-electron chi connectivity index (χ3n) is 3.07. The SMILES string of the molecule is CC(=O)Nc1ccc(NC(=O)c2c(C)nc(C)nc2C)cc1. The number of benzene rings is 1. The third kappa shape index (κ3) is 3.66. The molecule has 0 aliphatic carbocycles. The van der Waals surface area contributed by atoms with E-state index in [-0.39, 0.29) is 11.8 Å². The maximum atomic E-state index is 12.4. The van der Waals surface area contributed by atoms with E-state index in [1.165, 1.54) is 6.92 Å². The molecule has 6 nitrogen and oxygen atoms in total. The molecule has 0 atom stereocenters. The molecule has 22 heavy (non-hydrogen) atoms. The Morgan fingerprint density at radius 3 is 1.77 bits per heavy atom. The second-order valence-electron chi connectivity index (χ2n) is 5.03. The Morgan fingerprint density at radius 1 is 0.864 bits per heavy atom. The fourth-order valence-electron chi connectivity index (χ4n) is 2.25. The first-order valence-corrected chi connectivity index (χ1v) is 6.87. The van der Waals surface area contributed by atoms with Gasteiger partial charge in [-0.25, -0.2) is 9.97 Å². The van der Waals surface area contributed by atoms with Crippen LogP contribution in [0.1, 0.15) is 34.5 Å². The van der Waals surface area contributed by atoms with Crippen LogP contribution in [0.4, 0.5) is 11.4 Å². The van der Waals surface area contributed by atoms with E-state index in [0.29, 0.717) is 34.2 Å². The lowest BCUT2D eigenvalue weighted by Crippen LogP contribution is -2.17. The molecule has 2 rings (SSSR count). The first-order valence-electron chi connectivity index (χ1n) is 6.87. The van der Waals surface area contributed by atoms with E-state index in [2.05, 4.69) is 20.6 Å². The minimum atomic E-state index is -0.248. The highest BCUT2D eigenvalue weighted by Gasteiger charge is 2.15. The Bertz CT molecular complexity index is 700. The summed E-state index contributed by atoms with van der Waals surface area (Å²) in [5, 5.41) is 5.48. The van der Waals surface area contributed by atoms with Gasteiger partial charge in [-0.3, -0.25) is 9.59 Å². The summed E-state index contributed by atoms with van der Waals surface area (Å²) in [7, 11) is 0. The molecule has 1 aromatic carbocycles. The van der Waals surface area contributed by atoms with Crippen molar-refractivity contribution in [2.75, 3.05) is 10.6 Å². The molecular weight excluding hydrogens is 280 g/mol. The van der Waals surface area contributed by atoms with Gasteiger partial charge in [-0.2, -0.15) is 0 Å². The van der Waals surface area contributed by atoms with E-state index in [1.54, 1.807) is 45.0 Å². The molecule has 0 fully saturated rings. The minimum Gasteiger partial charge on any atom is -0.326 e. The largest absolute Gasteiger partial charge is 0.326 e. The van der Waals surface area contributed by atoms with E-state index < -0.39 is 0 Å². The summed E-state index contributed by atoms with van der Waals surface area (Å²) in [5.74, 6) is 0.258. The van der Waals surface area contributed by atoms with Crippen LogP contribution in [0.3, 0.4) is 0 Å². The smallest absolute Gasteiger partial charge is 0.259 e. The third-order valence-corrected chi connectivity index (χ3v) is 3.07. The predicted octanol–water partition coefficient (Wildman–Crippen LogP) is 2.61. The number of rotatable bonds is 3. The van der Waals surface area contributed by atoms with E-state index >= 15 is 0 Å². The van der Waals surface area contributed by atoms with Crippen LogP contribution in [-0.4, -0.2) is 21.8 Å². The zero-order valence-corrected chi connectivity index (χ0v) is 13.0. The number of carbonyl (C=O) groups is 2. The molecule has 0 saturated heterocycles. The quantitative estimate of drug-likeness (QED) is 0.912. The van der Waals surface area contributed by atoms with Gasteiger partial charge >= 0.3 is 0 Å². The zero-order valence-electron chi connectivity index (χ0n) is 13.0. The highest BCUT2D eigenvalue weighted by atomic mass is 16.2. The lowest BCUT2D eigenvalue weighted by molar-refractivity contribution is -0.114. The van der Waals surface area contributed by atoms with Gasteiger partial charge in [-0.05, 0) is 45.0 Å². The van der Waals surface area contributed by atoms with Gasteiger partial charge in [0.25, 0.3) is 5.91 Å². The summed E-state index contributed by atoms with van der Waals surface area (Å²) in [6, 6.07) is 6.90. The van der Waals surface area contributed by atoms with Crippen LogP contribution < -0.4 is 10.6 Å². The lowest BCUT2D eigenvalue weighted by Gasteiger charge is -2.10. The van der Waals surface area contributed by atoms with Gasteiger partial charge in [-0.15, -0.1) is 0 Å². The average molecular weight is 298 g/mol. The van der Waals surface area contributed by atoms with Crippen molar-refractivity contribution in [2.24, 2.45) is 0 Å². The molecule has 2 aromatic rings. The Balaban J connectivity index is 2.17. The van der Waals surface area contributed by atoms with Crippen LogP contribution in [0.5, 0.6) is 0 Å². The number of aromatic nitrogens is 2. The second kappa shape index (κ2) is 6.34. The first kappa shape index (κ1) is 15.6. The number of anilines is 2. The Kier molecular flexibility index (Phi) is 4.50. The number of nitrogens with one attached hydrogen (secondary N) is 2. The normalized spacial score (nSPS) is 10.2. The van der Waals surface area contributed by atoms with Crippen molar-refractivity contribution in [3.63, 3.8) is 0 Å². The summed E-state index contributed by atoms with van der Waals surface area (Å²) in [6.07, 6.45) is 0. The van der Waals surface area contributed by atoms with Gasteiger partial charge in [0.1, 0.15) is 5.82 Å². The summed E-state index contributed by atoms with van der Waals surface area (Å²) < 4.78 is 0. The maximum Gasteiger partial charge on any atom is 0.259 e. The van der Waals surface area contributed by atoms with Crippen molar-refractivity contribution in [1.82, 2.24) is 9.97 Å². The summed E-state index contributed by atoms with van der Waals surface area (Å²) in [5.41, 5.74) is 3.10. The molecule has 0 bridgehead atoms. The lowest BCUT2D eigenvalue weighted by atomic mass is 10.1. The standard InChI is InChI=1S/C16H18N4O2/c1-9-15(10(2)18-11(3)17-9)16(22)20-14-7-5-13(6-8-14)19-12(4)21/h5-8H,1-4H3,(H,19,21)(H,20,22).